The molecule has 2 aliphatic rings. The van der Waals surface area contributed by atoms with Gasteiger partial charge in [0.05, 0.1) is 17.4 Å². The molecular weight excluding hydrogens is 560 g/mol. The molecule has 0 saturated carbocycles. The Bertz CT molecular complexity index is 1500. The van der Waals surface area contributed by atoms with Crippen LogP contribution in [0.3, 0.4) is 0 Å². The highest BCUT2D eigenvalue weighted by atomic mass is 31.2. The molecule has 4 N–H and O–H groups in total. The standard InChI is InChI=1S/C27H30F3N6O4P/c1-35-11-9-17(10-12-35)19-7-8-22(23-20(19)14-36(2)25(23)37)33-24-21(27(28,29)30)13-31-26(34-24)32-18-5-3-16(4-6-18)15-41(38,39)40/h3-8,13,17H,9-12,14-15H2,1-2H3,(H2,38,39,40)(H2,31,32,33,34). The van der Waals surface area contributed by atoms with E-state index in [1.54, 1.807) is 18.0 Å². The van der Waals surface area contributed by atoms with Crippen molar-refractivity contribution in [2.45, 2.75) is 37.6 Å². The van der Waals surface area contributed by atoms with E-state index in [0.717, 1.165) is 37.1 Å². The third-order valence-electron chi connectivity index (χ3n) is 7.41. The molecule has 2 aliphatic heterocycles. The van der Waals surface area contributed by atoms with E-state index in [0.29, 0.717) is 29.6 Å². The van der Waals surface area contributed by atoms with Crippen molar-refractivity contribution in [3.63, 3.8) is 0 Å². The molecule has 0 bridgehead atoms. The quantitative estimate of drug-likeness (QED) is 0.279. The normalized spacial score (nSPS) is 16.7. The Morgan fingerprint density at radius 3 is 2.37 bits per heavy atom. The number of nitrogens with zero attached hydrogens (tertiary/aromatic N) is 4. The number of benzene rings is 2. The Kier molecular flexibility index (Phi) is 7.82. The predicted molar refractivity (Wildman–Crippen MR) is 148 cm³/mol. The van der Waals surface area contributed by atoms with Crippen LogP contribution in [0, 0.1) is 0 Å². The number of likely N-dealkylation sites (tertiary alicyclic amines) is 1. The maximum absolute atomic E-state index is 14.0. The second kappa shape index (κ2) is 11.1. The highest BCUT2D eigenvalue weighted by Crippen LogP contribution is 2.42. The summed E-state index contributed by atoms with van der Waals surface area (Å²) in [6.45, 7) is 2.24. The lowest BCUT2D eigenvalue weighted by Gasteiger charge is -2.30. The fourth-order valence-corrected chi connectivity index (χ4v) is 6.00. The molecule has 3 aromatic rings. The summed E-state index contributed by atoms with van der Waals surface area (Å²) in [5.74, 6) is -0.647. The van der Waals surface area contributed by atoms with E-state index >= 15 is 0 Å². The van der Waals surface area contributed by atoms with Crippen molar-refractivity contribution in [1.29, 1.82) is 0 Å². The Balaban J connectivity index is 1.46. The van der Waals surface area contributed by atoms with Crippen LogP contribution < -0.4 is 10.6 Å². The zero-order valence-corrected chi connectivity index (χ0v) is 23.3. The lowest BCUT2D eigenvalue weighted by atomic mass is 9.85. The largest absolute Gasteiger partial charge is 0.421 e. The van der Waals surface area contributed by atoms with Gasteiger partial charge in [-0.15, -0.1) is 0 Å². The molecule has 3 heterocycles. The van der Waals surface area contributed by atoms with E-state index in [1.807, 2.05) is 6.07 Å². The monoisotopic (exact) mass is 590 g/mol. The van der Waals surface area contributed by atoms with Gasteiger partial charge in [0, 0.05) is 25.5 Å². The number of hydrogen-bond acceptors (Lipinski definition) is 7. The summed E-state index contributed by atoms with van der Waals surface area (Å²) in [5, 5.41) is 5.60. The maximum atomic E-state index is 14.0. The van der Waals surface area contributed by atoms with E-state index in [9.17, 15) is 22.5 Å². The average molecular weight is 591 g/mol. The molecule has 14 heteroatoms. The predicted octanol–water partition coefficient (Wildman–Crippen LogP) is 5.06. The van der Waals surface area contributed by atoms with Crippen molar-refractivity contribution in [3.05, 3.63) is 70.4 Å². The highest BCUT2D eigenvalue weighted by molar-refractivity contribution is 7.50. The van der Waals surface area contributed by atoms with Gasteiger partial charge in [0.15, 0.2) is 0 Å². The molecule has 1 aromatic heterocycles. The third kappa shape index (κ3) is 6.54. The van der Waals surface area contributed by atoms with Gasteiger partial charge in [-0.25, -0.2) is 4.98 Å². The first-order valence-electron chi connectivity index (χ1n) is 13.0. The second-order valence-corrected chi connectivity index (χ2v) is 12.2. The van der Waals surface area contributed by atoms with E-state index in [1.165, 1.54) is 24.3 Å². The Hall–Kier alpha value is -3.51. The molecule has 1 amide bonds. The molecule has 5 rings (SSSR count). The molecule has 0 atom stereocenters. The molecule has 218 valence electrons. The lowest BCUT2D eigenvalue weighted by molar-refractivity contribution is -0.137. The van der Waals surface area contributed by atoms with Crippen molar-refractivity contribution in [3.8, 4) is 0 Å². The van der Waals surface area contributed by atoms with Gasteiger partial charge in [-0.05, 0) is 73.8 Å². The van der Waals surface area contributed by atoms with Crippen LogP contribution in [0.25, 0.3) is 0 Å². The molecule has 10 nitrogen and oxygen atoms in total. The van der Waals surface area contributed by atoms with Gasteiger partial charge in [-0.2, -0.15) is 18.2 Å². The molecular formula is C27H30F3N6O4P. The SMILES string of the molecule is CN1CCC(c2ccc(Nc3nc(Nc4ccc(CP(=O)(O)O)cc4)ncc3C(F)(F)F)c3c2CN(C)C3=O)CC1. The number of amides is 1. The van der Waals surface area contributed by atoms with Gasteiger partial charge in [0.25, 0.3) is 5.91 Å². The maximum Gasteiger partial charge on any atom is 0.421 e. The van der Waals surface area contributed by atoms with Crippen molar-refractivity contribution < 1.29 is 32.3 Å². The van der Waals surface area contributed by atoms with Crippen LogP contribution >= 0.6 is 7.60 Å². The molecule has 41 heavy (non-hydrogen) atoms. The lowest BCUT2D eigenvalue weighted by Crippen LogP contribution is -2.29. The molecule has 2 aromatic carbocycles. The zero-order valence-electron chi connectivity index (χ0n) is 22.4. The Morgan fingerprint density at radius 2 is 1.73 bits per heavy atom. The number of carbonyl (C=O) groups is 1. The summed E-state index contributed by atoms with van der Waals surface area (Å²) < 4.78 is 53.1. The van der Waals surface area contributed by atoms with Crippen LogP contribution in [-0.2, 0) is 23.4 Å². The summed E-state index contributed by atoms with van der Waals surface area (Å²) in [6, 6.07) is 9.56. The van der Waals surface area contributed by atoms with E-state index < -0.39 is 31.3 Å². The number of fused-ring (bicyclic) bond motifs is 1. The van der Waals surface area contributed by atoms with Gasteiger partial charge in [0.2, 0.25) is 5.95 Å². The van der Waals surface area contributed by atoms with E-state index in [2.05, 4.69) is 32.5 Å². The van der Waals surface area contributed by atoms with Crippen molar-refractivity contribution in [2.75, 3.05) is 37.8 Å². The summed E-state index contributed by atoms with van der Waals surface area (Å²) in [4.78, 5) is 43.2. The second-order valence-electron chi connectivity index (χ2n) is 10.5. The number of nitrogens with one attached hydrogen (secondary N) is 2. The number of halogens is 3. The molecule has 0 radical (unpaired) electrons. The average Bonchev–Trinajstić information content (AvgIpc) is 3.19. The summed E-state index contributed by atoms with van der Waals surface area (Å²) >= 11 is 0. The number of carbonyl (C=O) groups excluding carboxylic acids is 1. The number of anilines is 4. The van der Waals surface area contributed by atoms with Gasteiger partial charge in [0.1, 0.15) is 11.4 Å². The minimum atomic E-state index is -4.76. The number of hydrogen-bond donors (Lipinski definition) is 4. The van der Waals surface area contributed by atoms with Crippen LogP contribution in [0.5, 0.6) is 0 Å². The van der Waals surface area contributed by atoms with E-state index in [-0.39, 0.29) is 23.5 Å². The molecule has 1 fully saturated rings. The first-order valence-corrected chi connectivity index (χ1v) is 14.8. The van der Waals surface area contributed by atoms with Crippen LogP contribution in [-0.4, -0.2) is 62.6 Å². The first kappa shape index (κ1) is 29.0. The topological polar surface area (TPSA) is 131 Å². The summed E-state index contributed by atoms with van der Waals surface area (Å²) in [5.41, 5.74) is 2.19. The fraction of sp³-hybridized carbons (Fsp3) is 0.370. The fourth-order valence-electron chi connectivity index (χ4n) is 5.32. The number of rotatable bonds is 7. The summed E-state index contributed by atoms with van der Waals surface area (Å²) in [7, 11) is -0.513. The highest BCUT2D eigenvalue weighted by Gasteiger charge is 2.37. The van der Waals surface area contributed by atoms with Crippen molar-refractivity contribution in [1.82, 2.24) is 19.8 Å². The summed E-state index contributed by atoms with van der Waals surface area (Å²) in [6.07, 6.45) is -2.66. The number of aromatic nitrogens is 2. The molecule has 1 saturated heterocycles. The van der Waals surface area contributed by atoms with Gasteiger partial charge >= 0.3 is 13.8 Å². The number of piperidine rings is 1. The van der Waals surface area contributed by atoms with Gasteiger partial charge in [-0.3, -0.25) is 9.36 Å². The van der Waals surface area contributed by atoms with Crippen LogP contribution in [0.15, 0.2) is 42.6 Å². The Labute approximate surface area is 234 Å². The smallest absolute Gasteiger partial charge is 0.339 e. The minimum absolute atomic E-state index is 0.133. The van der Waals surface area contributed by atoms with E-state index in [4.69, 9.17) is 9.79 Å². The molecule has 0 aliphatic carbocycles. The molecule has 0 spiro atoms. The third-order valence-corrected chi connectivity index (χ3v) is 8.19. The Morgan fingerprint density at radius 1 is 1.05 bits per heavy atom. The van der Waals surface area contributed by atoms with Crippen LogP contribution in [0.4, 0.5) is 36.3 Å². The zero-order chi connectivity index (χ0) is 29.5. The first-order chi connectivity index (χ1) is 19.3. The van der Waals surface area contributed by atoms with Crippen molar-refractivity contribution in [2.24, 2.45) is 0 Å². The van der Waals surface area contributed by atoms with Crippen LogP contribution in [0.2, 0.25) is 0 Å². The van der Waals surface area contributed by atoms with Gasteiger partial charge < -0.3 is 30.2 Å². The minimum Gasteiger partial charge on any atom is -0.339 e. The molecule has 0 unspecified atom stereocenters. The van der Waals surface area contributed by atoms with Crippen molar-refractivity contribution >= 4 is 36.6 Å². The van der Waals surface area contributed by atoms with Gasteiger partial charge in [-0.1, -0.05) is 18.2 Å². The van der Waals surface area contributed by atoms with Crippen LogP contribution in [0.1, 0.15) is 51.4 Å². The number of alkyl halides is 3.